The molecule has 1 atom stereocenters. The molecule has 3 aromatic rings. The number of furan rings is 1. The fourth-order valence-electron chi connectivity index (χ4n) is 5.32. The van der Waals surface area contributed by atoms with Crippen LogP contribution in [0, 0.1) is 13.8 Å². The second-order valence-corrected chi connectivity index (χ2v) is 9.92. The molecule has 1 aliphatic carbocycles. The summed E-state index contributed by atoms with van der Waals surface area (Å²) < 4.78 is 7.17. The third kappa shape index (κ3) is 3.93. The average molecular weight is 461 g/mol. The molecule has 5 rings (SSSR count). The minimum atomic E-state index is -1.12. The topological polar surface area (TPSA) is 80.4 Å². The molecular weight excluding hydrogens is 428 g/mol. The summed E-state index contributed by atoms with van der Waals surface area (Å²) in [5.74, 6) is 0.229. The van der Waals surface area contributed by atoms with Crippen LogP contribution in [0.4, 0.5) is 5.69 Å². The molecule has 2 aromatic heterocycles. The zero-order valence-corrected chi connectivity index (χ0v) is 20.1. The van der Waals surface area contributed by atoms with E-state index in [4.69, 9.17) is 4.42 Å². The Bertz CT molecular complexity index is 1200. The van der Waals surface area contributed by atoms with Crippen molar-refractivity contribution in [3.8, 4) is 11.5 Å². The standard InChI is InChI=1S/C27H32N4O3/c1-18-12-13-22(19(2)15-18)31-25(32)23-16-21(24-11-8-14-34-24)29-30(23)17-27(31,3)26(33)28-20-9-6-4-5-7-10-20/h8,11-16,20H,4-7,9-10,17H2,1-3H3,(H,28,33)/t27-/m0/s1. The molecule has 0 bridgehead atoms. The Balaban J connectivity index is 1.57. The fraction of sp³-hybridized carbons (Fsp3) is 0.444. The molecule has 7 nitrogen and oxygen atoms in total. The molecule has 1 fully saturated rings. The number of rotatable bonds is 4. The van der Waals surface area contributed by atoms with Crippen LogP contribution in [-0.4, -0.2) is 33.2 Å². The van der Waals surface area contributed by atoms with Gasteiger partial charge in [0.05, 0.1) is 12.8 Å². The monoisotopic (exact) mass is 460 g/mol. The van der Waals surface area contributed by atoms with Crippen molar-refractivity contribution in [2.24, 2.45) is 0 Å². The van der Waals surface area contributed by atoms with Gasteiger partial charge in [0, 0.05) is 17.8 Å². The lowest BCUT2D eigenvalue weighted by Gasteiger charge is -2.44. The van der Waals surface area contributed by atoms with Crippen LogP contribution in [0.15, 0.2) is 47.1 Å². The van der Waals surface area contributed by atoms with Gasteiger partial charge in [0.2, 0.25) is 5.91 Å². The molecule has 2 amide bonds. The van der Waals surface area contributed by atoms with E-state index in [0.717, 1.165) is 42.5 Å². The van der Waals surface area contributed by atoms with Crippen molar-refractivity contribution in [3.63, 3.8) is 0 Å². The predicted molar refractivity (Wildman–Crippen MR) is 131 cm³/mol. The Kier molecular flexibility index (Phi) is 5.80. The summed E-state index contributed by atoms with van der Waals surface area (Å²) in [6, 6.07) is 11.5. The van der Waals surface area contributed by atoms with Gasteiger partial charge in [-0.05, 0) is 57.4 Å². The quantitative estimate of drug-likeness (QED) is 0.555. The summed E-state index contributed by atoms with van der Waals surface area (Å²) in [6.07, 6.45) is 8.21. The Morgan fingerprint density at radius 2 is 1.88 bits per heavy atom. The van der Waals surface area contributed by atoms with Crippen molar-refractivity contribution < 1.29 is 14.0 Å². The van der Waals surface area contributed by atoms with Gasteiger partial charge in [0.25, 0.3) is 5.91 Å². The van der Waals surface area contributed by atoms with Gasteiger partial charge in [-0.25, -0.2) is 0 Å². The van der Waals surface area contributed by atoms with Gasteiger partial charge >= 0.3 is 0 Å². The molecule has 3 heterocycles. The summed E-state index contributed by atoms with van der Waals surface area (Å²) in [7, 11) is 0. The lowest BCUT2D eigenvalue weighted by molar-refractivity contribution is -0.127. The first-order valence-electron chi connectivity index (χ1n) is 12.2. The molecule has 7 heteroatoms. The van der Waals surface area contributed by atoms with Gasteiger partial charge in [-0.1, -0.05) is 43.4 Å². The van der Waals surface area contributed by atoms with Crippen molar-refractivity contribution in [2.75, 3.05) is 4.90 Å². The maximum absolute atomic E-state index is 14.0. The number of nitrogens with zero attached hydrogens (tertiary/aromatic N) is 3. The van der Waals surface area contributed by atoms with Crippen LogP contribution < -0.4 is 10.2 Å². The molecule has 34 heavy (non-hydrogen) atoms. The third-order valence-electron chi connectivity index (χ3n) is 7.20. The number of anilines is 1. The Labute approximate surface area is 200 Å². The third-order valence-corrected chi connectivity index (χ3v) is 7.20. The number of fused-ring (bicyclic) bond motifs is 1. The van der Waals surface area contributed by atoms with Crippen LogP contribution in [0.1, 0.15) is 67.1 Å². The second-order valence-electron chi connectivity index (χ2n) is 9.92. The first kappa shape index (κ1) is 22.4. The molecular formula is C27H32N4O3. The number of hydrogen-bond donors (Lipinski definition) is 1. The van der Waals surface area contributed by atoms with E-state index >= 15 is 0 Å². The number of aryl methyl sites for hydroxylation is 2. The van der Waals surface area contributed by atoms with Crippen molar-refractivity contribution in [1.29, 1.82) is 0 Å². The lowest BCUT2D eigenvalue weighted by Crippen LogP contribution is -2.65. The molecule has 0 spiro atoms. The smallest absolute Gasteiger partial charge is 0.277 e. The maximum atomic E-state index is 14.0. The number of benzene rings is 1. The lowest BCUT2D eigenvalue weighted by atomic mass is 9.92. The summed E-state index contributed by atoms with van der Waals surface area (Å²) in [5.41, 5.74) is 2.74. The van der Waals surface area contributed by atoms with E-state index in [9.17, 15) is 9.59 Å². The molecule has 2 aliphatic rings. The molecule has 1 saturated carbocycles. The van der Waals surface area contributed by atoms with Gasteiger partial charge in [-0.3, -0.25) is 19.2 Å². The largest absolute Gasteiger partial charge is 0.463 e. The van der Waals surface area contributed by atoms with Crippen molar-refractivity contribution in [3.05, 3.63) is 59.5 Å². The number of carbonyl (C=O) groups excluding carboxylic acids is 2. The highest BCUT2D eigenvalue weighted by Gasteiger charge is 2.49. The van der Waals surface area contributed by atoms with E-state index in [1.807, 2.05) is 45.0 Å². The van der Waals surface area contributed by atoms with Crippen LogP contribution in [0.25, 0.3) is 11.5 Å². The van der Waals surface area contributed by atoms with Crippen molar-refractivity contribution >= 4 is 17.5 Å². The molecule has 178 valence electrons. The van der Waals surface area contributed by atoms with E-state index in [0.29, 0.717) is 17.1 Å². The first-order valence-corrected chi connectivity index (χ1v) is 12.2. The van der Waals surface area contributed by atoms with E-state index < -0.39 is 5.54 Å². The summed E-state index contributed by atoms with van der Waals surface area (Å²) in [5, 5.41) is 7.94. The minimum Gasteiger partial charge on any atom is -0.463 e. The molecule has 0 radical (unpaired) electrons. The van der Waals surface area contributed by atoms with E-state index in [2.05, 4.69) is 10.4 Å². The number of carbonyl (C=O) groups is 2. The Morgan fingerprint density at radius 3 is 2.56 bits per heavy atom. The normalized spacial score (nSPS) is 21.3. The molecule has 1 aliphatic heterocycles. The van der Waals surface area contributed by atoms with Crippen LogP contribution >= 0.6 is 0 Å². The number of aromatic nitrogens is 2. The van der Waals surface area contributed by atoms with Crippen molar-refractivity contribution in [1.82, 2.24) is 15.1 Å². The number of nitrogens with one attached hydrogen (secondary N) is 1. The molecule has 0 unspecified atom stereocenters. The van der Waals surface area contributed by atoms with Gasteiger partial charge in [-0.15, -0.1) is 0 Å². The van der Waals surface area contributed by atoms with Crippen LogP contribution in [0.2, 0.25) is 0 Å². The maximum Gasteiger partial charge on any atom is 0.277 e. The SMILES string of the molecule is Cc1ccc(N2C(=O)c3cc(-c4ccco4)nn3C[C@@]2(C)C(=O)NC2CCCCCC2)c(C)c1. The second kappa shape index (κ2) is 8.78. The van der Waals surface area contributed by atoms with E-state index in [-0.39, 0.29) is 24.4 Å². The summed E-state index contributed by atoms with van der Waals surface area (Å²) >= 11 is 0. The van der Waals surface area contributed by atoms with Gasteiger partial charge in [0.15, 0.2) is 5.76 Å². The number of hydrogen-bond acceptors (Lipinski definition) is 4. The first-order chi connectivity index (χ1) is 16.4. The minimum absolute atomic E-state index is 0.131. The van der Waals surface area contributed by atoms with Crippen LogP contribution in [-0.2, 0) is 11.3 Å². The number of amides is 2. The van der Waals surface area contributed by atoms with Crippen molar-refractivity contribution in [2.45, 2.75) is 77.4 Å². The van der Waals surface area contributed by atoms with E-state index in [1.54, 1.807) is 28.0 Å². The average Bonchev–Trinajstić information content (AvgIpc) is 3.41. The predicted octanol–water partition coefficient (Wildman–Crippen LogP) is 5.02. The highest BCUT2D eigenvalue weighted by Crippen LogP contribution is 2.36. The molecule has 1 aromatic carbocycles. The van der Waals surface area contributed by atoms with Crippen LogP contribution in [0.3, 0.4) is 0 Å². The van der Waals surface area contributed by atoms with Crippen LogP contribution in [0.5, 0.6) is 0 Å². The van der Waals surface area contributed by atoms with E-state index in [1.165, 1.54) is 12.8 Å². The zero-order valence-electron chi connectivity index (χ0n) is 20.1. The van der Waals surface area contributed by atoms with Gasteiger partial charge < -0.3 is 9.73 Å². The van der Waals surface area contributed by atoms with Gasteiger partial charge in [0.1, 0.15) is 16.9 Å². The molecule has 1 N–H and O–H groups in total. The zero-order chi connectivity index (χ0) is 23.9. The summed E-state index contributed by atoms with van der Waals surface area (Å²) in [4.78, 5) is 29.5. The Morgan fingerprint density at radius 1 is 1.12 bits per heavy atom. The highest BCUT2D eigenvalue weighted by atomic mass is 16.3. The summed E-state index contributed by atoms with van der Waals surface area (Å²) in [6.45, 7) is 6.13. The Hall–Kier alpha value is -3.35. The molecule has 0 saturated heterocycles. The van der Waals surface area contributed by atoms with Gasteiger partial charge in [-0.2, -0.15) is 5.10 Å². The fourth-order valence-corrected chi connectivity index (χ4v) is 5.32. The highest BCUT2D eigenvalue weighted by molar-refractivity contribution is 6.12.